The Morgan fingerprint density at radius 1 is 1.23 bits per heavy atom. The van der Waals surface area contributed by atoms with Crippen molar-refractivity contribution in [2.75, 3.05) is 5.32 Å². The summed E-state index contributed by atoms with van der Waals surface area (Å²) in [4.78, 5) is 0. The quantitative estimate of drug-likeness (QED) is 0.629. The molecule has 1 N–H and O–H groups in total. The Bertz CT molecular complexity index is 401. The molecule has 0 spiro atoms. The number of hydrogen-bond acceptors (Lipinski definition) is 1. The summed E-state index contributed by atoms with van der Waals surface area (Å²) in [6.45, 7) is 0. The first-order valence-corrected chi connectivity index (χ1v) is 4.68. The van der Waals surface area contributed by atoms with Crippen LogP contribution >= 0.6 is 0 Å². The first-order chi connectivity index (χ1) is 6.45. The van der Waals surface area contributed by atoms with Gasteiger partial charge in [-0.05, 0) is 24.1 Å². The van der Waals surface area contributed by atoms with E-state index in [1.54, 1.807) is 0 Å². The standard InChI is InChI=1S/C12H11N/c1-3-7-11-9(5-1)10-6-2-4-8-12(10)13-11/h1-5,7-8,10,13H,6H2. The van der Waals surface area contributed by atoms with E-state index < -0.39 is 0 Å². The van der Waals surface area contributed by atoms with Gasteiger partial charge in [0.2, 0.25) is 0 Å². The van der Waals surface area contributed by atoms with Gasteiger partial charge in [0, 0.05) is 17.3 Å². The second-order valence-corrected chi connectivity index (χ2v) is 3.55. The largest absolute Gasteiger partial charge is 0.358 e. The zero-order valence-electron chi connectivity index (χ0n) is 7.33. The Kier molecular flexibility index (Phi) is 1.33. The van der Waals surface area contributed by atoms with Crippen LogP contribution in [0.1, 0.15) is 17.9 Å². The molecule has 1 atom stereocenters. The van der Waals surface area contributed by atoms with Gasteiger partial charge in [-0.1, -0.05) is 30.4 Å². The van der Waals surface area contributed by atoms with Gasteiger partial charge in [0.05, 0.1) is 0 Å². The molecule has 0 bridgehead atoms. The molecule has 0 amide bonds. The second-order valence-electron chi connectivity index (χ2n) is 3.55. The van der Waals surface area contributed by atoms with E-state index in [0.29, 0.717) is 5.92 Å². The number of allylic oxidation sites excluding steroid dienone is 4. The Morgan fingerprint density at radius 3 is 3.15 bits per heavy atom. The third kappa shape index (κ3) is 0.934. The smallest absolute Gasteiger partial charge is 0.0421 e. The van der Waals surface area contributed by atoms with E-state index in [1.807, 2.05) is 0 Å². The fourth-order valence-corrected chi connectivity index (χ4v) is 2.12. The lowest BCUT2D eigenvalue weighted by Crippen LogP contribution is -2.01. The Balaban J connectivity index is 2.14. The molecule has 0 saturated heterocycles. The van der Waals surface area contributed by atoms with Crippen molar-refractivity contribution in [1.29, 1.82) is 0 Å². The minimum absolute atomic E-state index is 0.584. The monoisotopic (exact) mass is 169 g/mol. The van der Waals surface area contributed by atoms with Crippen molar-refractivity contribution in [3.8, 4) is 0 Å². The highest BCUT2D eigenvalue weighted by Crippen LogP contribution is 2.41. The van der Waals surface area contributed by atoms with Crippen molar-refractivity contribution in [2.24, 2.45) is 0 Å². The third-order valence-corrected chi connectivity index (χ3v) is 2.77. The van der Waals surface area contributed by atoms with Crippen molar-refractivity contribution in [3.63, 3.8) is 0 Å². The maximum atomic E-state index is 3.45. The van der Waals surface area contributed by atoms with Crippen molar-refractivity contribution >= 4 is 5.69 Å². The molecule has 1 nitrogen and oxygen atoms in total. The van der Waals surface area contributed by atoms with Crippen LogP contribution in [0.5, 0.6) is 0 Å². The van der Waals surface area contributed by atoms with Crippen LogP contribution in [0.15, 0.2) is 48.2 Å². The Hall–Kier alpha value is -1.50. The molecule has 0 radical (unpaired) electrons. The van der Waals surface area contributed by atoms with Crippen LogP contribution in [0.3, 0.4) is 0 Å². The van der Waals surface area contributed by atoms with Crippen LogP contribution in [0, 0.1) is 0 Å². The van der Waals surface area contributed by atoms with E-state index in [1.165, 1.54) is 16.9 Å². The van der Waals surface area contributed by atoms with Crippen LogP contribution in [0.25, 0.3) is 0 Å². The molecule has 0 fully saturated rings. The summed E-state index contributed by atoms with van der Waals surface area (Å²) in [6.07, 6.45) is 7.67. The maximum Gasteiger partial charge on any atom is 0.0421 e. The molecule has 13 heavy (non-hydrogen) atoms. The van der Waals surface area contributed by atoms with E-state index in [9.17, 15) is 0 Å². The zero-order chi connectivity index (χ0) is 8.67. The van der Waals surface area contributed by atoms with Crippen LogP contribution in [0.4, 0.5) is 5.69 Å². The first kappa shape index (κ1) is 6.96. The molecule has 1 aromatic carbocycles. The van der Waals surface area contributed by atoms with E-state index in [4.69, 9.17) is 0 Å². The highest BCUT2D eigenvalue weighted by Gasteiger charge is 2.26. The predicted molar refractivity (Wildman–Crippen MR) is 54.6 cm³/mol. The number of fused-ring (bicyclic) bond motifs is 3. The number of benzene rings is 1. The minimum Gasteiger partial charge on any atom is -0.358 e. The molecular formula is C12H11N. The van der Waals surface area contributed by atoms with Gasteiger partial charge < -0.3 is 5.32 Å². The highest BCUT2D eigenvalue weighted by molar-refractivity contribution is 5.66. The molecule has 3 rings (SSSR count). The van der Waals surface area contributed by atoms with Crippen molar-refractivity contribution in [3.05, 3.63) is 53.8 Å². The molecule has 0 saturated carbocycles. The average molecular weight is 169 g/mol. The molecule has 64 valence electrons. The van der Waals surface area contributed by atoms with E-state index in [2.05, 4.69) is 47.8 Å². The Morgan fingerprint density at radius 2 is 2.15 bits per heavy atom. The maximum absolute atomic E-state index is 3.45. The lowest BCUT2D eigenvalue weighted by Gasteiger charge is -2.12. The van der Waals surface area contributed by atoms with Gasteiger partial charge in [0.25, 0.3) is 0 Å². The minimum atomic E-state index is 0.584. The van der Waals surface area contributed by atoms with Crippen LogP contribution in [-0.4, -0.2) is 0 Å². The summed E-state index contributed by atoms with van der Waals surface area (Å²) in [5, 5.41) is 3.45. The number of para-hydroxylation sites is 1. The van der Waals surface area contributed by atoms with Gasteiger partial charge in [0.15, 0.2) is 0 Å². The summed E-state index contributed by atoms with van der Waals surface area (Å²) in [7, 11) is 0. The summed E-state index contributed by atoms with van der Waals surface area (Å²) in [6, 6.07) is 8.56. The molecule has 1 heterocycles. The number of anilines is 1. The predicted octanol–water partition coefficient (Wildman–Crippen LogP) is 3.04. The van der Waals surface area contributed by atoms with Crippen molar-refractivity contribution in [2.45, 2.75) is 12.3 Å². The molecule has 1 aliphatic carbocycles. The van der Waals surface area contributed by atoms with Gasteiger partial charge in [-0.2, -0.15) is 0 Å². The normalized spacial score (nSPS) is 23.1. The first-order valence-electron chi connectivity index (χ1n) is 4.68. The van der Waals surface area contributed by atoms with E-state index in [0.717, 1.165) is 6.42 Å². The third-order valence-electron chi connectivity index (χ3n) is 2.77. The van der Waals surface area contributed by atoms with Crippen molar-refractivity contribution < 1.29 is 0 Å². The topological polar surface area (TPSA) is 12.0 Å². The number of rotatable bonds is 0. The summed E-state index contributed by atoms with van der Waals surface area (Å²) in [5.74, 6) is 0.584. The summed E-state index contributed by atoms with van der Waals surface area (Å²) < 4.78 is 0. The fourth-order valence-electron chi connectivity index (χ4n) is 2.12. The van der Waals surface area contributed by atoms with Gasteiger partial charge in [-0.25, -0.2) is 0 Å². The molecule has 1 unspecified atom stereocenters. The number of nitrogens with one attached hydrogen (secondary N) is 1. The van der Waals surface area contributed by atoms with E-state index in [-0.39, 0.29) is 0 Å². The molecule has 1 aliphatic heterocycles. The Labute approximate surface area is 77.8 Å². The van der Waals surface area contributed by atoms with Crippen LogP contribution in [-0.2, 0) is 0 Å². The van der Waals surface area contributed by atoms with Crippen molar-refractivity contribution in [1.82, 2.24) is 0 Å². The van der Waals surface area contributed by atoms with Gasteiger partial charge in [-0.3, -0.25) is 0 Å². The molecule has 0 aromatic heterocycles. The SMILES string of the molecule is C1=CCC2C(=C1)Nc1ccccc12. The van der Waals surface area contributed by atoms with Gasteiger partial charge >= 0.3 is 0 Å². The van der Waals surface area contributed by atoms with Gasteiger partial charge in [0.1, 0.15) is 0 Å². The molecule has 1 aromatic rings. The van der Waals surface area contributed by atoms with Crippen LogP contribution in [0.2, 0.25) is 0 Å². The number of hydrogen-bond donors (Lipinski definition) is 1. The second kappa shape index (κ2) is 2.49. The fraction of sp³-hybridized carbons (Fsp3) is 0.167. The van der Waals surface area contributed by atoms with Gasteiger partial charge in [-0.15, -0.1) is 0 Å². The molecular weight excluding hydrogens is 158 g/mol. The molecule has 2 aliphatic rings. The van der Waals surface area contributed by atoms with E-state index >= 15 is 0 Å². The highest BCUT2D eigenvalue weighted by atomic mass is 14.9. The lowest BCUT2D eigenvalue weighted by atomic mass is 9.92. The zero-order valence-corrected chi connectivity index (χ0v) is 7.33. The summed E-state index contributed by atoms with van der Waals surface area (Å²) >= 11 is 0. The van der Waals surface area contributed by atoms with Crippen LogP contribution < -0.4 is 5.32 Å². The molecule has 1 heteroatoms. The average Bonchev–Trinajstić information content (AvgIpc) is 2.56. The lowest BCUT2D eigenvalue weighted by molar-refractivity contribution is 0.836. The summed E-state index contributed by atoms with van der Waals surface area (Å²) in [5.41, 5.74) is 4.07.